The van der Waals surface area contributed by atoms with E-state index in [0.717, 1.165) is 0 Å². The standard InChI is InChI=1S/C11H14O3/c1-14-9-5-3-2-4-8(9)10(12)11(13)6-7-11/h2-5,10,12-13H,6-7H2,1H3/t10-/m1/s1. The van der Waals surface area contributed by atoms with Crippen molar-refractivity contribution in [1.82, 2.24) is 0 Å². The zero-order chi connectivity index (χ0) is 10.2. The molecule has 0 saturated heterocycles. The van der Waals surface area contributed by atoms with E-state index in [0.29, 0.717) is 24.2 Å². The number of methoxy groups -OCH3 is 1. The van der Waals surface area contributed by atoms with Gasteiger partial charge in [0.15, 0.2) is 0 Å². The van der Waals surface area contributed by atoms with Crippen molar-refractivity contribution in [1.29, 1.82) is 0 Å². The second kappa shape index (κ2) is 3.26. The average Bonchev–Trinajstić information content (AvgIpc) is 2.97. The predicted molar refractivity (Wildman–Crippen MR) is 52.1 cm³/mol. The van der Waals surface area contributed by atoms with E-state index in [1.54, 1.807) is 19.2 Å². The Hall–Kier alpha value is -1.06. The number of para-hydroxylation sites is 1. The number of hydrogen-bond donors (Lipinski definition) is 2. The Morgan fingerprint density at radius 3 is 2.57 bits per heavy atom. The molecule has 1 atom stereocenters. The fraction of sp³-hybridized carbons (Fsp3) is 0.455. The number of benzene rings is 1. The van der Waals surface area contributed by atoms with E-state index >= 15 is 0 Å². The normalized spacial score (nSPS) is 20.2. The van der Waals surface area contributed by atoms with Crippen LogP contribution in [0.25, 0.3) is 0 Å². The lowest BCUT2D eigenvalue weighted by Gasteiger charge is -2.19. The first kappa shape index (κ1) is 9.49. The maximum absolute atomic E-state index is 9.90. The molecule has 3 heteroatoms. The molecule has 3 nitrogen and oxygen atoms in total. The van der Waals surface area contributed by atoms with Gasteiger partial charge in [-0.3, -0.25) is 0 Å². The van der Waals surface area contributed by atoms with Crippen LogP contribution in [-0.4, -0.2) is 22.9 Å². The largest absolute Gasteiger partial charge is 0.496 e. The van der Waals surface area contributed by atoms with E-state index < -0.39 is 11.7 Å². The number of ether oxygens (including phenoxy) is 1. The summed E-state index contributed by atoms with van der Waals surface area (Å²) in [5.41, 5.74) is -0.260. The van der Waals surface area contributed by atoms with Gasteiger partial charge >= 0.3 is 0 Å². The molecule has 0 aromatic heterocycles. The summed E-state index contributed by atoms with van der Waals surface area (Å²) in [5.74, 6) is 0.625. The SMILES string of the molecule is COc1ccccc1[C@@H](O)C1(O)CC1. The molecule has 14 heavy (non-hydrogen) atoms. The van der Waals surface area contributed by atoms with E-state index in [4.69, 9.17) is 4.74 Å². The van der Waals surface area contributed by atoms with Crippen molar-refractivity contribution < 1.29 is 14.9 Å². The van der Waals surface area contributed by atoms with E-state index in [1.165, 1.54) is 0 Å². The van der Waals surface area contributed by atoms with Crippen LogP contribution in [0.5, 0.6) is 5.75 Å². The third-order valence-electron chi connectivity index (χ3n) is 2.70. The summed E-state index contributed by atoms with van der Waals surface area (Å²) in [4.78, 5) is 0. The Bertz CT molecular complexity index is 331. The molecule has 76 valence electrons. The third kappa shape index (κ3) is 1.49. The van der Waals surface area contributed by atoms with Gasteiger partial charge in [-0.2, -0.15) is 0 Å². The van der Waals surface area contributed by atoms with Gasteiger partial charge in [0.05, 0.1) is 12.7 Å². The zero-order valence-electron chi connectivity index (χ0n) is 8.10. The molecule has 0 amide bonds. The quantitative estimate of drug-likeness (QED) is 0.761. The second-order valence-electron chi connectivity index (χ2n) is 3.75. The molecule has 1 aromatic carbocycles. The monoisotopic (exact) mass is 194 g/mol. The summed E-state index contributed by atoms with van der Waals surface area (Å²) in [6.07, 6.45) is 0.483. The molecule has 1 saturated carbocycles. The molecule has 1 aromatic rings. The van der Waals surface area contributed by atoms with Crippen molar-refractivity contribution in [3.05, 3.63) is 29.8 Å². The summed E-state index contributed by atoms with van der Waals surface area (Å²) in [7, 11) is 1.56. The lowest BCUT2D eigenvalue weighted by Crippen LogP contribution is -2.19. The van der Waals surface area contributed by atoms with Crippen LogP contribution < -0.4 is 4.74 Å². The molecule has 0 radical (unpaired) electrons. The third-order valence-corrected chi connectivity index (χ3v) is 2.70. The smallest absolute Gasteiger partial charge is 0.124 e. The number of aliphatic hydroxyl groups is 2. The van der Waals surface area contributed by atoms with Crippen molar-refractivity contribution in [3.63, 3.8) is 0 Å². The summed E-state index contributed by atoms with van der Waals surface area (Å²) in [5, 5.41) is 19.7. The van der Waals surface area contributed by atoms with Crippen molar-refractivity contribution in [3.8, 4) is 5.75 Å². The molecule has 2 N–H and O–H groups in total. The van der Waals surface area contributed by atoms with Gasteiger partial charge in [0.25, 0.3) is 0 Å². The van der Waals surface area contributed by atoms with Crippen LogP contribution in [0.15, 0.2) is 24.3 Å². The van der Waals surface area contributed by atoms with E-state index in [2.05, 4.69) is 0 Å². The highest BCUT2D eigenvalue weighted by Gasteiger charge is 2.48. The molecule has 1 fully saturated rings. The minimum Gasteiger partial charge on any atom is -0.496 e. The summed E-state index contributed by atoms with van der Waals surface area (Å²) >= 11 is 0. The van der Waals surface area contributed by atoms with Crippen LogP contribution >= 0.6 is 0 Å². The van der Waals surface area contributed by atoms with Crippen LogP contribution in [0, 0.1) is 0 Å². The van der Waals surface area contributed by atoms with Gasteiger partial charge < -0.3 is 14.9 Å². The molecule has 0 heterocycles. The van der Waals surface area contributed by atoms with Crippen molar-refractivity contribution in [2.75, 3.05) is 7.11 Å². The van der Waals surface area contributed by atoms with E-state index in [-0.39, 0.29) is 0 Å². The van der Waals surface area contributed by atoms with Gasteiger partial charge in [-0.05, 0) is 18.9 Å². The van der Waals surface area contributed by atoms with E-state index in [9.17, 15) is 10.2 Å². The second-order valence-corrected chi connectivity index (χ2v) is 3.75. The fourth-order valence-corrected chi connectivity index (χ4v) is 1.58. The van der Waals surface area contributed by atoms with Gasteiger partial charge in [-0.1, -0.05) is 18.2 Å². The van der Waals surface area contributed by atoms with Crippen LogP contribution in [0.4, 0.5) is 0 Å². The Kier molecular flexibility index (Phi) is 2.21. The first-order valence-corrected chi connectivity index (χ1v) is 4.71. The molecule has 0 bridgehead atoms. The highest BCUT2D eigenvalue weighted by atomic mass is 16.5. The minimum absolute atomic E-state index is 0.625. The summed E-state index contributed by atoms with van der Waals surface area (Å²) in [6, 6.07) is 7.23. The van der Waals surface area contributed by atoms with Crippen LogP contribution in [0.3, 0.4) is 0 Å². The summed E-state index contributed by atoms with van der Waals surface area (Å²) in [6.45, 7) is 0. The molecule has 0 aliphatic heterocycles. The molecular formula is C11H14O3. The Morgan fingerprint density at radius 2 is 2.00 bits per heavy atom. The molecular weight excluding hydrogens is 180 g/mol. The summed E-state index contributed by atoms with van der Waals surface area (Å²) < 4.78 is 5.12. The van der Waals surface area contributed by atoms with Crippen LogP contribution in [0.1, 0.15) is 24.5 Å². The first-order chi connectivity index (χ1) is 6.67. The lowest BCUT2D eigenvalue weighted by atomic mass is 10.0. The lowest BCUT2D eigenvalue weighted by molar-refractivity contribution is -0.00295. The maximum Gasteiger partial charge on any atom is 0.124 e. The van der Waals surface area contributed by atoms with E-state index in [1.807, 2.05) is 12.1 Å². The van der Waals surface area contributed by atoms with Crippen molar-refractivity contribution in [2.24, 2.45) is 0 Å². The van der Waals surface area contributed by atoms with Crippen molar-refractivity contribution >= 4 is 0 Å². The highest BCUT2D eigenvalue weighted by molar-refractivity contribution is 5.37. The molecule has 0 unspecified atom stereocenters. The Morgan fingerprint density at radius 1 is 1.36 bits per heavy atom. The van der Waals surface area contributed by atoms with Gasteiger partial charge in [-0.15, -0.1) is 0 Å². The molecule has 0 spiro atoms. The topological polar surface area (TPSA) is 49.7 Å². The maximum atomic E-state index is 9.90. The van der Waals surface area contributed by atoms with Crippen LogP contribution in [-0.2, 0) is 0 Å². The molecule has 2 rings (SSSR count). The Balaban J connectivity index is 2.30. The average molecular weight is 194 g/mol. The number of hydrogen-bond acceptors (Lipinski definition) is 3. The predicted octanol–water partition coefficient (Wildman–Crippen LogP) is 1.25. The highest BCUT2D eigenvalue weighted by Crippen LogP contribution is 2.47. The first-order valence-electron chi connectivity index (χ1n) is 4.71. The van der Waals surface area contributed by atoms with Crippen LogP contribution in [0.2, 0.25) is 0 Å². The number of rotatable bonds is 3. The molecule has 1 aliphatic rings. The van der Waals surface area contributed by atoms with Gasteiger partial charge in [0.1, 0.15) is 11.9 Å². The Labute approximate surface area is 83.0 Å². The van der Waals surface area contributed by atoms with Gasteiger partial charge in [-0.25, -0.2) is 0 Å². The van der Waals surface area contributed by atoms with Gasteiger partial charge in [0, 0.05) is 5.56 Å². The van der Waals surface area contributed by atoms with Gasteiger partial charge in [0.2, 0.25) is 0 Å². The zero-order valence-corrected chi connectivity index (χ0v) is 8.10. The van der Waals surface area contributed by atoms with Crippen molar-refractivity contribution in [2.45, 2.75) is 24.5 Å². The fourth-order valence-electron chi connectivity index (χ4n) is 1.58. The molecule has 1 aliphatic carbocycles. The minimum atomic E-state index is -0.922. The number of aliphatic hydroxyl groups excluding tert-OH is 1.